The van der Waals surface area contributed by atoms with Gasteiger partial charge in [0.2, 0.25) is 5.91 Å². The summed E-state index contributed by atoms with van der Waals surface area (Å²) in [4.78, 5) is 11.9. The molecule has 0 spiro atoms. The topological polar surface area (TPSA) is 49.3 Å². The first-order valence-electron chi connectivity index (χ1n) is 7.98. The number of carbonyl (C=O) groups is 1. The van der Waals surface area contributed by atoms with Crippen molar-refractivity contribution < 1.29 is 9.90 Å². The Morgan fingerprint density at radius 2 is 1.57 bits per heavy atom. The minimum atomic E-state index is -0.837. The Morgan fingerprint density at radius 3 is 2.13 bits per heavy atom. The van der Waals surface area contributed by atoms with E-state index >= 15 is 0 Å². The molecule has 0 aliphatic rings. The van der Waals surface area contributed by atoms with Crippen LogP contribution in [-0.2, 0) is 23.4 Å². The maximum absolute atomic E-state index is 11.9. The predicted octanol–water partition coefficient (Wildman–Crippen LogP) is 3.47. The van der Waals surface area contributed by atoms with Gasteiger partial charge in [0.1, 0.15) is 0 Å². The Morgan fingerprint density at radius 1 is 1.00 bits per heavy atom. The lowest BCUT2D eigenvalue weighted by Gasteiger charge is -2.18. The Hall–Kier alpha value is -2.13. The molecule has 2 N–H and O–H groups in total. The third-order valence-electron chi connectivity index (χ3n) is 3.91. The van der Waals surface area contributed by atoms with Crippen LogP contribution in [0.5, 0.6) is 0 Å². The average molecular weight is 311 g/mol. The summed E-state index contributed by atoms with van der Waals surface area (Å²) in [6, 6.07) is 15.9. The highest BCUT2D eigenvalue weighted by Gasteiger charge is 2.15. The first kappa shape index (κ1) is 17.2. The second kappa shape index (κ2) is 7.42. The van der Waals surface area contributed by atoms with Crippen LogP contribution in [-0.4, -0.2) is 11.0 Å². The molecule has 0 saturated heterocycles. The second-order valence-corrected chi connectivity index (χ2v) is 6.52. The van der Waals surface area contributed by atoms with Gasteiger partial charge in [-0.3, -0.25) is 4.79 Å². The minimum absolute atomic E-state index is 0.0529. The van der Waals surface area contributed by atoms with Crippen molar-refractivity contribution in [2.75, 3.05) is 0 Å². The van der Waals surface area contributed by atoms with E-state index in [-0.39, 0.29) is 5.91 Å². The molecule has 0 atom stereocenters. The first-order chi connectivity index (χ1) is 10.8. The van der Waals surface area contributed by atoms with Crippen LogP contribution in [0.25, 0.3) is 0 Å². The zero-order valence-electron chi connectivity index (χ0n) is 14.1. The smallest absolute Gasteiger partial charge is 0.220 e. The minimum Gasteiger partial charge on any atom is -0.386 e. The first-order valence-corrected chi connectivity index (χ1v) is 7.98. The van der Waals surface area contributed by atoms with Crippen LogP contribution in [0.4, 0.5) is 0 Å². The summed E-state index contributed by atoms with van der Waals surface area (Å²) in [7, 11) is 0. The van der Waals surface area contributed by atoms with Crippen LogP contribution in [0.2, 0.25) is 0 Å². The maximum atomic E-state index is 11.9. The van der Waals surface area contributed by atoms with Crippen LogP contribution >= 0.6 is 0 Å². The molecular formula is C20H25NO2. The van der Waals surface area contributed by atoms with Gasteiger partial charge in [-0.05, 0) is 43.9 Å². The molecule has 0 bridgehead atoms. The quantitative estimate of drug-likeness (QED) is 0.858. The lowest BCUT2D eigenvalue weighted by atomic mass is 9.97. The van der Waals surface area contributed by atoms with E-state index in [1.807, 2.05) is 24.3 Å². The zero-order valence-corrected chi connectivity index (χ0v) is 14.1. The van der Waals surface area contributed by atoms with Crippen LogP contribution in [0, 0.1) is 6.92 Å². The van der Waals surface area contributed by atoms with E-state index in [0.29, 0.717) is 13.0 Å². The molecule has 0 radical (unpaired) electrons. The number of nitrogens with one attached hydrogen (secondary N) is 1. The van der Waals surface area contributed by atoms with Crippen molar-refractivity contribution in [2.45, 2.75) is 45.8 Å². The number of rotatable bonds is 6. The molecule has 0 unspecified atom stereocenters. The molecule has 122 valence electrons. The standard InChI is InChI=1S/C20H25NO2/c1-15-4-6-16(7-5-15)10-13-19(22)21-14-17-8-11-18(12-9-17)20(2,3)23/h4-9,11-12,23H,10,13-14H2,1-3H3,(H,21,22). The van der Waals surface area contributed by atoms with Crippen LogP contribution in [0.1, 0.15) is 42.5 Å². The molecule has 0 heterocycles. The molecule has 2 aromatic carbocycles. The summed E-state index contributed by atoms with van der Waals surface area (Å²) in [6.07, 6.45) is 1.24. The molecule has 2 rings (SSSR count). The Labute approximate surface area is 138 Å². The highest BCUT2D eigenvalue weighted by molar-refractivity contribution is 5.76. The number of aryl methyl sites for hydroxylation is 2. The second-order valence-electron chi connectivity index (χ2n) is 6.52. The van der Waals surface area contributed by atoms with Gasteiger partial charge in [-0.25, -0.2) is 0 Å². The summed E-state index contributed by atoms with van der Waals surface area (Å²) >= 11 is 0. The molecule has 1 amide bonds. The molecule has 0 fully saturated rings. The van der Waals surface area contributed by atoms with Crippen molar-refractivity contribution in [2.24, 2.45) is 0 Å². The van der Waals surface area contributed by atoms with Gasteiger partial charge in [0.05, 0.1) is 5.60 Å². The fourth-order valence-electron chi connectivity index (χ4n) is 2.33. The Kier molecular flexibility index (Phi) is 5.56. The molecule has 0 saturated carbocycles. The van der Waals surface area contributed by atoms with Gasteiger partial charge in [-0.2, -0.15) is 0 Å². The summed E-state index contributed by atoms with van der Waals surface area (Å²) in [5, 5.41) is 12.9. The van der Waals surface area contributed by atoms with E-state index in [2.05, 4.69) is 36.5 Å². The van der Waals surface area contributed by atoms with Crippen molar-refractivity contribution in [3.63, 3.8) is 0 Å². The van der Waals surface area contributed by atoms with Gasteiger partial charge in [0.15, 0.2) is 0 Å². The van der Waals surface area contributed by atoms with Gasteiger partial charge in [0, 0.05) is 13.0 Å². The molecule has 3 heteroatoms. The molecule has 2 aromatic rings. The molecule has 0 aromatic heterocycles. The van der Waals surface area contributed by atoms with Crippen molar-refractivity contribution in [1.29, 1.82) is 0 Å². The fourth-order valence-corrected chi connectivity index (χ4v) is 2.33. The Balaban J connectivity index is 1.79. The van der Waals surface area contributed by atoms with Gasteiger partial charge in [-0.1, -0.05) is 54.1 Å². The number of hydrogen-bond donors (Lipinski definition) is 2. The number of hydrogen-bond acceptors (Lipinski definition) is 2. The van der Waals surface area contributed by atoms with E-state index < -0.39 is 5.60 Å². The average Bonchev–Trinajstić information content (AvgIpc) is 2.52. The highest BCUT2D eigenvalue weighted by Crippen LogP contribution is 2.19. The third kappa shape index (κ3) is 5.53. The summed E-state index contributed by atoms with van der Waals surface area (Å²) in [5.74, 6) is 0.0529. The van der Waals surface area contributed by atoms with Gasteiger partial charge >= 0.3 is 0 Å². The number of carbonyl (C=O) groups excluding carboxylic acids is 1. The molecule has 0 aliphatic heterocycles. The summed E-state index contributed by atoms with van der Waals surface area (Å²) in [5.41, 5.74) is 3.47. The van der Waals surface area contributed by atoms with Gasteiger partial charge < -0.3 is 10.4 Å². The molecule has 3 nitrogen and oxygen atoms in total. The number of benzene rings is 2. The van der Waals surface area contributed by atoms with Gasteiger partial charge in [0.25, 0.3) is 0 Å². The summed E-state index contributed by atoms with van der Waals surface area (Å²) < 4.78 is 0. The van der Waals surface area contributed by atoms with E-state index in [9.17, 15) is 9.90 Å². The zero-order chi connectivity index (χ0) is 16.9. The highest BCUT2D eigenvalue weighted by atomic mass is 16.3. The van der Waals surface area contributed by atoms with Crippen molar-refractivity contribution in [3.8, 4) is 0 Å². The predicted molar refractivity (Wildman–Crippen MR) is 93.0 cm³/mol. The normalized spacial score (nSPS) is 11.3. The molecular weight excluding hydrogens is 286 g/mol. The van der Waals surface area contributed by atoms with E-state index in [1.54, 1.807) is 13.8 Å². The lowest BCUT2D eigenvalue weighted by molar-refractivity contribution is -0.121. The van der Waals surface area contributed by atoms with Crippen LogP contribution < -0.4 is 5.32 Å². The SMILES string of the molecule is Cc1ccc(CCC(=O)NCc2ccc(C(C)(C)O)cc2)cc1. The van der Waals surface area contributed by atoms with Gasteiger partial charge in [-0.15, -0.1) is 0 Å². The van der Waals surface area contributed by atoms with Crippen molar-refractivity contribution in [1.82, 2.24) is 5.32 Å². The van der Waals surface area contributed by atoms with E-state index in [4.69, 9.17) is 0 Å². The molecule has 0 aliphatic carbocycles. The van der Waals surface area contributed by atoms with Crippen molar-refractivity contribution in [3.05, 3.63) is 70.8 Å². The van der Waals surface area contributed by atoms with Crippen LogP contribution in [0.15, 0.2) is 48.5 Å². The Bertz CT molecular complexity index is 637. The largest absolute Gasteiger partial charge is 0.386 e. The molecule has 23 heavy (non-hydrogen) atoms. The number of aliphatic hydroxyl groups is 1. The van der Waals surface area contributed by atoms with E-state index in [0.717, 1.165) is 17.5 Å². The lowest BCUT2D eigenvalue weighted by Crippen LogP contribution is -2.23. The van der Waals surface area contributed by atoms with Crippen LogP contribution in [0.3, 0.4) is 0 Å². The fraction of sp³-hybridized carbons (Fsp3) is 0.350. The van der Waals surface area contributed by atoms with E-state index in [1.165, 1.54) is 11.1 Å². The number of amides is 1. The summed E-state index contributed by atoms with van der Waals surface area (Å²) in [6.45, 7) is 6.09. The third-order valence-corrected chi connectivity index (χ3v) is 3.91. The van der Waals surface area contributed by atoms with Crippen molar-refractivity contribution >= 4 is 5.91 Å². The maximum Gasteiger partial charge on any atom is 0.220 e. The monoisotopic (exact) mass is 311 g/mol.